The highest BCUT2D eigenvalue weighted by molar-refractivity contribution is 5.42. The summed E-state index contributed by atoms with van der Waals surface area (Å²) in [4.78, 5) is 0. The summed E-state index contributed by atoms with van der Waals surface area (Å²) >= 11 is 0. The predicted octanol–water partition coefficient (Wildman–Crippen LogP) is 3.50. The van der Waals surface area contributed by atoms with Gasteiger partial charge in [-0.3, -0.25) is 0 Å². The summed E-state index contributed by atoms with van der Waals surface area (Å²) in [6.45, 7) is 2.11. The van der Waals surface area contributed by atoms with E-state index in [1.54, 1.807) is 12.1 Å². The lowest BCUT2D eigenvalue weighted by Crippen LogP contribution is -1.97. The fourth-order valence-electron chi connectivity index (χ4n) is 1.92. The maximum Gasteiger partial charge on any atom is 0.146 e. The highest BCUT2D eigenvalue weighted by Gasteiger charge is 2.02. The van der Waals surface area contributed by atoms with Crippen LogP contribution in [0.5, 0.6) is 0 Å². The average Bonchev–Trinajstić information content (AvgIpc) is 2.32. The summed E-state index contributed by atoms with van der Waals surface area (Å²) < 4.78 is 13.0. The Bertz CT molecular complexity index is 520. The van der Waals surface area contributed by atoms with Gasteiger partial charge in [0.15, 0.2) is 0 Å². The van der Waals surface area contributed by atoms with Crippen LogP contribution in [-0.4, -0.2) is 0 Å². The minimum atomic E-state index is -0.343. The zero-order valence-corrected chi connectivity index (χ0v) is 9.91. The fourth-order valence-corrected chi connectivity index (χ4v) is 1.92. The number of rotatable bonds is 3. The zero-order valence-electron chi connectivity index (χ0n) is 9.91. The summed E-state index contributed by atoms with van der Waals surface area (Å²) in [6, 6.07) is 13.3. The molecule has 0 saturated heterocycles. The molecular formula is C15H16FN. The van der Waals surface area contributed by atoms with Crippen molar-refractivity contribution in [3.8, 4) is 0 Å². The molecule has 0 unspecified atom stereocenters. The van der Waals surface area contributed by atoms with Crippen molar-refractivity contribution in [2.24, 2.45) is 0 Å². The molecule has 17 heavy (non-hydrogen) atoms. The first kappa shape index (κ1) is 11.6. The van der Waals surface area contributed by atoms with Gasteiger partial charge in [0, 0.05) is 0 Å². The van der Waals surface area contributed by atoms with Gasteiger partial charge >= 0.3 is 0 Å². The molecule has 2 aromatic rings. The van der Waals surface area contributed by atoms with Crippen molar-refractivity contribution in [1.29, 1.82) is 0 Å². The molecule has 0 aromatic heterocycles. The van der Waals surface area contributed by atoms with E-state index in [1.807, 2.05) is 12.1 Å². The summed E-state index contributed by atoms with van der Waals surface area (Å²) in [5.74, 6) is -0.343. The van der Waals surface area contributed by atoms with E-state index in [2.05, 4.69) is 19.1 Å². The van der Waals surface area contributed by atoms with Crippen molar-refractivity contribution in [3.05, 3.63) is 65.0 Å². The molecule has 2 N–H and O–H groups in total. The fraction of sp³-hybridized carbons (Fsp3) is 0.200. The smallest absolute Gasteiger partial charge is 0.146 e. The number of halogens is 1. The Morgan fingerprint density at radius 2 is 1.82 bits per heavy atom. The molecule has 0 bridgehead atoms. The first-order valence-corrected chi connectivity index (χ1v) is 5.75. The molecule has 2 rings (SSSR count). The molecule has 0 amide bonds. The van der Waals surface area contributed by atoms with Crippen LogP contribution in [0.25, 0.3) is 0 Å². The second-order valence-corrected chi connectivity index (χ2v) is 4.28. The normalized spacial score (nSPS) is 10.5. The predicted molar refractivity (Wildman–Crippen MR) is 69.4 cm³/mol. The summed E-state index contributed by atoms with van der Waals surface area (Å²) in [7, 11) is 0. The van der Waals surface area contributed by atoms with Crippen molar-refractivity contribution in [1.82, 2.24) is 0 Å². The molecule has 0 radical (unpaired) electrons. The van der Waals surface area contributed by atoms with Gasteiger partial charge in [0.1, 0.15) is 5.82 Å². The number of nitrogen functional groups attached to an aromatic ring is 1. The van der Waals surface area contributed by atoms with Crippen molar-refractivity contribution >= 4 is 5.69 Å². The van der Waals surface area contributed by atoms with Crippen molar-refractivity contribution < 1.29 is 4.39 Å². The van der Waals surface area contributed by atoms with Gasteiger partial charge in [-0.05, 0) is 48.6 Å². The Morgan fingerprint density at radius 3 is 2.53 bits per heavy atom. The van der Waals surface area contributed by atoms with E-state index in [1.165, 1.54) is 17.2 Å². The zero-order chi connectivity index (χ0) is 12.3. The van der Waals surface area contributed by atoms with Gasteiger partial charge in [-0.15, -0.1) is 0 Å². The Kier molecular flexibility index (Phi) is 3.43. The number of anilines is 1. The molecule has 0 aliphatic heterocycles. The van der Waals surface area contributed by atoms with E-state index < -0.39 is 0 Å². The Balaban J connectivity index is 2.08. The van der Waals surface area contributed by atoms with E-state index in [9.17, 15) is 4.39 Å². The third-order valence-corrected chi connectivity index (χ3v) is 3.00. The van der Waals surface area contributed by atoms with Crippen LogP contribution in [-0.2, 0) is 12.8 Å². The van der Waals surface area contributed by atoms with Crippen LogP contribution < -0.4 is 5.73 Å². The summed E-state index contributed by atoms with van der Waals surface area (Å²) in [6.07, 6.45) is 1.84. The van der Waals surface area contributed by atoms with Gasteiger partial charge in [-0.2, -0.15) is 0 Å². The molecule has 0 spiro atoms. The van der Waals surface area contributed by atoms with E-state index >= 15 is 0 Å². The third-order valence-electron chi connectivity index (χ3n) is 3.00. The molecule has 0 saturated carbocycles. The molecular weight excluding hydrogens is 213 g/mol. The van der Waals surface area contributed by atoms with Crippen LogP contribution in [0.3, 0.4) is 0 Å². The van der Waals surface area contributed by atoms with E-state index in [-0.39, 0.29) is 11.5 Å². The van der Waals surface area contributed by atoms with Gasteiger partial charge in [0.25, 0.3) is 0 Å². The lowest BCUT2D eigenvalue weighted by atomic mass is 10.0. The molecule has 0 atom stereocenters. The summed E-state index contributed by atoms with van der Waals surface area (Å²) in [5, 5.41) is 0. The SMILES string of the molecule is Cc1ccccc1CCc1ccc(F)c(N)c1. The van der Waals surface area contributed by atoms with Gasteiger partial charge < -0.3 is 5.73 Å². The lowest BCUT2D eigenvalue weighted by Gasteiger charge is -2.06. The van der Waals surface area contributed by atoms with E-state index in [0.29, 0.717) is 0 Å². The molecule has 2 aromatic carbocycles. The van der Waals surface area contributed by atoms with Gasteiger partial charge in [0.05, 0.1) is 5.69 Å². The second kappa shape index (κ2) is 5.00. The van der Waals surface area contributed by atoms with Crippen LogP contribution in [0.15, 0.2) is 42.5 Å². The first-order chi connectivity index (χ1) is 8.16. The average molecular weight is 229 g/mol. The van der Waals surface area contributed by atoms with Crippen LogP contribution >= 0.6 is 0 Å². The van der Waals surface area contributed by atoms with Crippen molar-refractivity contribution in [2.45, 2.75) is 19.8 Å². The van der Waals surface area contributed by atoms with Crippen LogP contribution in [0.4, 0.5) is 10.1 Å². The Labute approximate surface area is 101 Å². The quantitative estimate of drug-likeness (QED) is 0.801. The standard InChI is InChI=1S/C15H16FN/c1-11-4-2-3-5-13(11)8-6-12-7-9-14(16)15(17)10-12/h2-5,7,9-10H,6,8,17H2,1H3. The molecule has 0 aliphatic rings. The maximum absolute atomic E-state index is 13.0. The number of hydrogen-bond acceptors (Lipinski definition) is 1. The number of hydrogen-bond donors (Lipinski definition) is 1. The minimum Gasteiger partial charge on any atom is -0.396 e. The topological polar surface area (TPSA) is 26.0 Å². The molecule has 2 heteroatoms. The monoisotopic (exact) mass is 229 g/mol. The van der Waals surface area contributed by atoms with Gasteiger partial charge in [-0.25, -0.2) is 4.39 Å². The molecule has 1 nitrogen and oxygen atoms in total. The van der Waals surface area contributed by atoms with Gasteiger partial charge in [0.2, 0.25) is 0 Å². The molecule has 0 aliphatic carbocycles. The Hall–Kier alpha value is -1.83. The number of benzene rings is 2. The summed E-state index contributed by atoms with van der Waals surface area (Å²) in [5.41, 5.74) is 9.47. The maximum atomic E-state index is 13.0. The second-order valence-electron chi connectivity index (χ2n) is 4.28. The largest absolute Gasteiger partial charge is 0.396 e. The highest BCUT2D eigenvalue weighted by atomic mass is 19.1. The molecule has 88 valence electrons. The first-order valence-electron chi connectivity index (χ1n) is 5.75. The Morgan fingerprint density at radius 1 is 1.06 bits per heavy atom. The minimum absolute atomic E-state index is 0.229. The van der Waals surface area contributed by atoms with Crippen LogP contribution in [0.2, 0.25) is 0 Å². The molecule has 0 fully saturated rings. The van der Waals surface area contributed by atoms with E-state index in [0.717, 1.165) is 18.4 Å². The third kappa shape index (κ3) is 2.84. The van der Waals surface area contributed by atoms with Crippen LogP contribution in [0.1, 0.15) is 16.7 Å². The van der Waals surface area contributed by atoms with Crippen molar-refractivity contribution in [3.63, 3.8) is 0 Å². The number of aryl methyl sites for hydroxylation is 3. The van der Waals surface area contributed by atoms with E-state index in [4.69, 9.17) is 5.73 Å². The lowest BCUT2D eigenvalue weighted by molar-refractivity contribution is 0.631. The van der Waals surface area contributed by atoms with Crippen LogP contribution in [0, 0.1) is 12.7 Å². The number of nitrogens with two attached hydrogens (primary N) is 1. The highest BCUT2D eigenvalue weighted by Crippen LogP contribution is 2.15. The van der Waals surface area contributed by atoms with Crippen molar-refractivity contribution in [2.75, 3.05) is 5.73 Å². The molecule has 0 heterocycles. The van der Waals surface area contributed by atoms with Gasteiger partial charge in [-0.1, -0.05) is 30.3 Å².